The maximum atomic E-state index is 11.9. The zero-order valence-electron chi connectivity index (χ0n) is 13.8. The second-order valence-corrected chi connectivity index (χ2v) is 7.08. The van der Waals surface area contributed by atoms with Gasteiger partial charge in [-0.1, -0.05) is 44.5 Å². The van der Waals surface area contributed by atoms with Gasteiger partial charge in [0.2, 0.25) is 0 Å². The molecule has 0 heterocycles. The number of aliphatic hydroxyl groups is 1. The predicted octanol–water partition coefficient (Wildman–Crippen LogP) is 3.32. The lowest BCUT2D eigenvalue weighted by Crippen LogP contribution is -2.43. The van der Waals surface area contributed by atoms with Crippen LogP contribution in [0.2, 0.25) is 5.02 Å². The molecule has 1 aromatic carbocycles. The highest BCUT2D eigenvalue weighted by Crippen LogP contribution is 2.23. The fourth-order valence-corrected chi connectivity index (χ4v) is 2.43. The lowest BCUT2D eigenvalue weighted by molar-refractivity contribution is 0.163. The van der Waals surface area contributed by atoms with Gasteiger partial charge in [-0.3, -0.25) is 0 Å². The highest BCUT2D eigenvalue weighted by atomic mass is 35.5. The summed E-state index contributed by atoms with van der Waals surface area (Å²) < 4.78 is 0. The minimum Gasteiger partial charge on any atom is -0.393 e. The van der Waals surface area contributed by atoms with Crippen molar-refractivity contribution in [2.24, 2.45) is 5.92 Å². The third-order valence-electron chi connectivity index (χ3n) is 3.67. The van der Waals surface area contributed by atoms with Crippen molar-refractivity contribution in [3.63, 3.8) is 0 Å². The van der Waals surface area contributed by atoms with Gasteiger partial charge in [0.1, 0.15) is 0 Å². The number of nitrogens with one attached hydrogen (secondary N) is 2. The Balaban J connectivity index is 2.40. The van der Waals surface area contributed by atoms with Crippen molar-refractivity contribution in [3.05, 3.63) is 34.9 Å². The van der Waals surface area contributed by atoms with Crippen LogP contribution in [0.25, 0.3) is 0 Å². The summed E-state index contributed by atoms with van der Waals surface area (Å²) in [6.45, 7) is 9.00. The van der Waals surface area contributed by atoms with Gasteiger partial charge in [-0.05, 0) is 37.0 Å². The molecule has 5 heteroatoms. The van der Waals surface area contributed by atoms with Gasteiger partial charge in [0.05, 0.1) is 6.10 Å². The van der Waals surface area contributed by atoms with Gasteiger partial charge >= 0.3 is 6.03 Å². The van der Waals surface area contributed by atoms with Crippen molar-refractivity contribution in [2.75, 3.05) is 13.1 Å². The third-order valence-corrected chi connectivity index (χ3v) is 3.92. The second-order valence-electron chi connectivity index (χ2n) is 6.64. The number of aliphatic hydroxyl groups excluding tert-OH is 1. The minimum absolute atomic E-state index is 0.173. The van der Waals surface area contributed by atoms with Crippen molar-refractivity contribution in [1.82, 2.24) is 10.6 Å². The Morgan fingerprint density at radius 3 is 2.36 bits per heavy atom. The maximum Gasteiger partial charge on any atom is 0.314 e. The van der Waals surface area contributed by atoms with Gasteiger partial charge in [0.15, 0.2) is 0 Å². The normalized spacial score (nSPS) is 14.3. The molecule has 0 radical (unpaired) electrons. The summed E-state index contributed by atoms with van der Waals surface area (Å²) >= 11 is 5.90. The summed E-state index contributed by atoms with van der Waals surface area (Å²) in [6.07, 6.45) is 0.333. The Morgan fingerprint density at radius 2 is 1.82 bits per heavy atom. The summed E-state index contributed by atoms with van der Waals surface area (Å²) in [5, 5.41) is 15.7. The van der Waals surface area contributed by atoms with E-state index >= 15 is 0 Å². The standard InChI is InChI=1S/C17H27ClN2O2/c1-12(9-13(2)21)10-19-16(22)20-11-17(3,4)14-5-7-15(18)8-6-14/h5-8,12-13,21H,9-11H2,1-4H3,(H2,19,20,22). The van der Waals surface area contributed by atoms with Gasteiger partial charge in [-0.25, -0.2) is 4.79 Å². The molecular formula is C17H27ClN2O2. The number of hydrogen-bond donors (Lipinski definition) is 3. The van der Waals surface area contributed by atoms with Crippen LogP contribution in [0, 0.1) is 5.92 Å². The fourth-order valence-electron chi connectivity index (χ4n) is 2.30. The minimum atomic E-state index is -0.344. The maximum absolute atomic E-state index is 11.9. The number of hydrogen-bond acceptors (Lipinski definition) is 2. The first-order valence-corrected chi connectivity index (χ1v) is 8.04. The van der Waals surface area contributed by atoms with Gasteiger partial charge in [0, 0.05) is 23.5 Å². The molecule has 0 aliphatic heterocycles. The van der Waals surface area contributed by atoms with Gasteiger partial charge in [0.25, 0.3) is 0 Å². The zero-order chi connectivity index (χ0) is 16.8. The summed E-state index contributed by atoms with van der Waals surface area (Å²) in [5.74, 6) is 0.245. The Hall–Kier alpha value is -1.26. The molecule has 2 amide bonds. The number of carbonyl (C=O) groups excluding carboxylic acids is 1. The van der Waals surface area contributed by atoms with Crippen LogP contribution >= 0.6 is 11.6 Å². The average molecular weight is 327 g/mol. The lowest BCUT2D eigenvalue weighted by Gasteiger charge is -2.26. The molecule has 22 heavy (non-hydrogen) atoms. The molecule has 0 aliphatic carbocycles. The van der Waals surface area contributed by atoms with E-state index in [1.54, 1.807) is 6.92 Å². The molecule has 3 N–H and O–H groups in total. The topological polar surface area (TPSA) is 61.4 Å². The molecule has 0 bridgehead atoms. The summed E-state index contributed by atoms with van der Waals surface area (Å²) in [6, 6.07) is 7.49. The van der Waals surface area contributed by atoms with Crippen LogP contribution in [0.4, 0.5) is 4.79 Å². The summed E-state index contributed by atoms with van der Waals surface area (Å²) in [4.78, 5) is 11.9. The molecule has 124 valence electrons. The largest absolute Gasteiger partial charge is 0.393 e. The van der Waals surface area contributed by atoms with Gasteiger partial charge < -0.3 is 15.7 Å². The van der Waals surface area contributed by atoms with E-state index in [1.165, 1.54) is 0 Å². The zero-order valence-corrected chi connectivity index (χ0v) is 14.6. The third kappa shape index (κ3) is 6.67. The van der Waals surface area contributed by atoms with E-state index in [2.05, 4.69) is 24.5 Å². The molecule has 0 fully saturated rings. The van der Waals surface area contributed by atoms with Crippen LogP contribution in [0.1, 0.15) is 39.7 Å². The Kier molecular flexibility index (Phi) is 7.17. The van der Waals surface area contributed by atoms with Crippen LogP contribution in [-0.2, 0) is 5.41 Å². The molecule has 1 rings (SSSR count). The van der Waals surface area contributed by atoms with Crippen LogP contribution in [0.15, 0.2) is 24.3 Å². The molecule has 0 saturated carbocycles. The van der Waals surface area contributed by atoms with Crippen LogP contribution in [0.5, 0.6) is 0 Å². The SMILES string of the molecule is CC(O)CC(C)CNC(=O)NCC(C)(C)c1ccc(Cl)cc1. The first kappa shape index (κ1) is 18.8. The molecule has 1 aromatic rings. The number of halogens is 1. The van der Waals surface area contributed by atoms with E-state index in [4.69, 9.17) is 11.6 Å². The van der Waals surface area contributed by atoms with Crippen molar-refractivity contribution in [2.45, 2.75) is 45.6 Å². The Labute approximate surface area is 138 Å². The highest BCUT2D eigenvalue weighted by Gasteiger charge is 2.21. The number of amides is 2. The molecule has 0 saturated heterocycles. The fraction of sp³-hybridized carbons (Fsp3) is 0.588. The molecule has 4 nitrogen and oxygen atoms in total. The van der Waals surface area contributed by atoms with E-state index in [9.17, 15) is 9.90 Å². The van der Waals surface area contributed by atoms with Gasteiger partial charge in [-0.2, -0.15) is 0 Å². The smallest absolute Gasteiger partial charge is 0.314 e. The molecular weight excluding hydrogens is 300 g/mol. The van der Waals surface area contributed by atoms with Crippen LogP contribution < -0.4 is 10.6 Å². The first-order chi connectivity index (χ1) is 10.2. The van der Waals surface area contributed by atoms with Crippen LogP contribution in [-0.4, -0.2) is 30.3 Å². The van der Waals surface area contributed by atoms with E-state index in [0.717, 1.165) is 5.56 Å². The molecule has 2 unspecified atom stereocenters. The molecule has 0 aromatic heterocycles. The van der Waals surface area contributed by atoms with Crippen molar-refractivity contribution >= 4 is 17.6 Å². The van der Waals surface area contributed by atoms with Crippen molar-refractivity contribution < 1.29 is 9.90 Å². The molecule has 0 aliphatic rings. The number of carbonyl (C=O) groups is 1. The average Bonchev–Trinajstić information content (AvgIpc) is 2.43. The van der Waals surface area contributed by atoms with E-state index in [-0.39, 0.29) is 23.5 Å². The number of urea groups is 1. The monoisotopic (exact) mass is 326 g/mol. The predicted molar refractivity (Wildman–Crippen MR) is 91.3 cm³/mol. The highest BCUT2D eigenvalue weighted by molar-refractivity contribution is 6.30. The number of benzene rings is 1. The first-order valence-electron chi connectivity index (χ1n) is 7.66. The summed E-state index contributed by atoms with van der Waals surface area (Å²) in [7, 11) is 0. The van der Waals surface area contributed by atoms with E-state index in [1.807, 2.05) is 31.2 Å². The molecule has 2 atom stereocenters. The Bertz CT molecular complexity index is 472. The quantitative estimate of drug-likeness (QED) is 0.719. The molecule has 0 spiro atoms. The van der Waals surface area contributed by atoms with E-state index in [0.29, 0.717) is 24.5 Å². The summed E-state index contributed by atoms with van der Waals surface area (Å²) in [5.41, 5.74) is 0.951. The van der Waals surface area contributed by atoms with E-state index < -0.39 is 0 Å². The second kappa shape index (κ2) is 8.39. The lowest BCUT2D eigenvalue weighted by atomic mass is 9.85. The Morgan fingerprint density at radius 1 is 1.23 bits per heavy atom. The van der Waals surface area contributed by atoms with Gasteiger partial charge in [-0.15, -0.1) is 0 Å². The number of rotatable bonds is 7. The van der Waals surface area contributed by atoms with Crippen LogP contribution in [0.3, 0.4) is 0 Å². The van der Waals surface area contributed by atoms with Crippen molar-refractivity contribution in [3.8, 4) is 0 Å². The van der Waals surface area contributed by atoms with Crippen molar-refractivity contribution in [1.29, 1.82) is 0 Å².